The Balaban J connectivity index is 0.000000845. The minimum Gasteiger partial charge on any atom is -0.349 e. The number of halogens is 1. The van der Waals surface area contributed by atoms with Gasteiger partial charge in [0.05, 0.1) is 0 Å². The maximum absolute atomic E-state index is 3.54. The summed E-state index contributed by atoms with van der Waals surface area (Å²) < 4.78 is 2.35. The van der Waals surface area contributed by atoms with Crippen molar-refractivity contribution in [3.63, 3.8) is 0 Å². The molecule has 0 saturated heterocycles. The molecule has 0 saturated carbocycles. The number of rotatable bonds is 1. The molecule has 1 N–H and O–H groups in total. The highest BCUT2D eigenvalue weighted by molar-refractivity contribution is 5.85. The largest absolute Gasteiger partial charge is 0.349 e. The maximum atomic E-state index is 3.54. The van der Waals surface area contributed by atoms with Crippen molar-refractivity contribution in [2.45, 2.75) is 26.4 Å². The quantitative estimate of drug-likeness (QED) is 0.736. The molecule has 13 heavy (non-hydrogen) atoms. The Labute approximate surface area is 85.7 Å². The first-order valence-electron chi connectivity index (χ1n) is 4.67. The Morgan fingerprint density at radius 1 is 1.54 bits per heavy atom. The van der Waals surface area contributed by atoms with Gasteiger partial charge in [-0.25, -0.2) is 0 Å². The fourth-order valence-electron chi connectivity index (χ4n) is 1.94. The minimum absolute atomic E-state index is 0. The normalized spacial score (nSPS) is 21.0. The summed E-state index contributed by atoms with van der Waals surface area (Å²) in [6.45, 7) is 6.75. The molecule has 0 amide bonds. The van der Waals surface area contributed by atoms with E-state index in [1.807, 2.05) is 0 Å². The van der Waals surface area contributed by atoms with Crippen LogP contribution in [0, 0.1) is 5.92 Å². The molecule has 0 spiro atoms. The lowest BCUT2D eigenvalue weighted by Gasteiger charge is -2.29. The molecule has 1 aromatic heterocycles. The first kappa shape index (κ1) is 10.6. The van der Waals surface area contributed by atoms with E-state index in [2.05, 4.69) is 42.1 Å². The lowest BCUT2D eigenvalue weighted by molar-refractivity contribution is 0.347. The summed E-state index contributed by atoms with van der Waals surface area (Å²) in [5, 5.41) is 3.54. The van der Waals surface area contributed by atoms with Gasteiger partial charge in [0.15, 0.2) is 0 Å². The summed E-state index contributed by atoms with van der Waals surface area (Å²) in [4.78, 5) is 0. The van der Waals surface area contributed by atoms with Crippen LogP contribution in [0.25, 0.3) is 0 Å². The zero-order chi connectivity index (χ0) is 8.55. The van der Waals surface area contributed by atoms with Crippen molar-refractivity contribution in [3.05, 3.63) is 24.0 Å². The lowest BCUT2D eigenvalue weighted by Crippen LogP contribution is -2.35. The Kier molecular flexibility index (Phi) is 3.40. The summed E-state index contributed by atoms with van der Waals surface area (Å²) in [5.74, 6) is 0.680. The van der Waals surface area contributed by atoms with E-state index in [1.54, 1.807) is 0 Å². The second-order valence-corrected chi connectivity index (χ2v) is 3.80. The van der Waals surface area contributed by atoms with Crippen LogP contribution in [0.2, 0.25) is 0 Å². The van der Waals surface area contributed by atoms with Gasteiger partial charge < -0.3 is 9.88 Å². The number of hydrogen-bond acceptors (Lipinski definition) is 1. The monoisotopic (exact) mass is 200 g/mol. The van der Waals surface area contributed by atoms with Crippen molar-refractivity contribution in [1.29, 1.82) is 0 Å². The van der Waals surface area contributed by atoms with Crippen LogP contribution in [0.3, 0.4) is 0 Å². The highest BCUT2D eigenvalue weighted by Gasteiger charge is 2.21. The van der Waals surface area contributed by atoms with E-state index < -0.39 is 0 Å². The lowest BCUT2D eigenvalue weighted by atomic mass is 10.00. The second kappa shape index (κ2) is 4.16. The van der Waals surface area contributed by atoms with Crippen LogP contribution in [0.5, 0.6) is 0 Å². The van der Waals surface area contributed by atoms with E-state index in [0.29, 0.717) is 12.0 Å². The van der Waals surface area contributed by atoms with Crippen LogP contribution in [0.15, 0.2) is 18.3 Å². The van der Waals surface area contributed by atoms with Gasteiger partial charge in [-0.15, -0.1) is 12.4 Å². The molecule has 1 unspecified atom stereocenters. The van der Waals surface area contributed by atoms with Crippen LogP contribution in [0.1, 0.15) is 25.6 Å². The number of hydrogen-bond donors (Lipinski definition) is 1. The summed E-state index contributed by atoms with van der Waals surface area (Å²) >= 11 is 0. The molecule has 2 rings (SSSR count). The summed E-state index contributed by atoms with van der Waals surface area (Å²) in [6, 6.07) is 4.91. The molecule has 0 bridgehead atoms. The molecule has 0 radical (unpaired) electrons. The SMILES string of the molecule is CC(C)C1NCCn2cccc21.Cl. The van der Waals surface area contributed by atoms with Gasteiger partial charge in [0, 0.05) is 31.0 Å². The van der Waals surface area contributed by atoms with Gasteiger partial charge >= 0.3 is 0 Å². The zero-order valence-electron chi connectivity index (χ0n) is 8.16. The molecule has 1 aliphatic rings. The standard InChI is InChI=1S/C10H16N2.ClH/c1-8(2)10-9-4-3-6-12(9)7-5-11-10;/h3-4,6,8,10-11H,5,7H2,1-2H3;1H. The third-order valence-corrected chi connectivity index (χ3v) is 2.57. The Morgan fingerprint density at radius 3 is 3.00 bits per heavy atom. The highest BCUT2D eigenvalue weighted by Crippen LogP contribution is 2.24. The average molecular weight is 201 g/mol. The van der Waals surface area contributed by atoms with E-state index in [-0.39, 0.29) is 12.4 Å². The molecule has 0 aromatic carbocycles. The number of nitrogens with one attached hydrogen (secondary N) is 1. The molecular formula is C10H17ClN2. The van der Waals surface area contributed by atoms with Crippen LogP contribution in [-0.2, 0) is 6.54 Å². The summed E-state index contributed by atoms with van der Waals surface area (Å²) in [5.41, 5.74) is 1.44. The Hall–Kier alpha value is -0.470. The molecule has 2 heterocycles. The van der Waals surface area contributed by atoms with E-state index in [1.165, 1.54) is 5.69 Å². The van der Waals surface area contributed by atoms with Crippen LogP contribution < -0.4 is 5.32 Å². The molecular weight excluding hydrogens is 184 g/mol. The van der Waals surface area contributed by atoms with Crippen LogP contribution in [0.4, 0.5) is 0 Å². The zero-order valence-corrected chi connectivity index (χ0v) is 8.97. The Bertz CT molecular complexity index is 268. The third-order valence-electron chi connectivity index (χ3n) is 2.57. The summed E-state index contributed by atoms with van der Waals surface area (Å²) in [7, 11) is 0. The van der Waals surface area contributed by atoms with E-state index in [9.17, 15) is 0 Å². The molecule has 2 nitrogen and oxygen atoms in total. The minimum atomic E-state index is 0. The topological polar surface area (TPSA) is 17.0 Å². The first-order valence-corrected chi connectivity index (χ1v) is 4.67. The maximum Gasteiger partial charge on any atom is 0.0498 e. The van der Waals surface area contributed by atoms with Gasteiger partial charge in [0.1, 0.15) is 0 Å². The molecule has 1 atom stereocenters. The number of aromatic nitrogens is 1. The molecule has 1 aromatic rings. The molecule has 3 heteroatoms. The molecule has 0 fully saturated rings. The van der Waals surface area contributed by atoms with Crippen molar-refractivity contribution in [2.75, 3.05) is 6.54 Å². The highest BCUT2D eigenvalue weighted by atomic mass is 35.5. The Morgan fingerprint density at radius 2 is 2.31 bits per heavy atom. The third kappa shape index (κ3) is 1.89. The average Bonchev–Trinajstić information content (AvgIpc) is 2.49. The fourth-order valence-corrected chi connectivity index (χ4v) is 1.94. The molecule has 0 aliphatic carbocycles. The molecule has 74 valence electrons. The van der Waals surface area contributed by atoms with Crippen molar-refractivity contribution < 1.29 is 0 Å². The van der Waals surface area contributed by atoms with E-state index in [0.717, 1.165) is 13.1 Å². The van der Waals surface area contributed by atoms with Gasteiger partial charge in [0.25, 0.3) is 0 Å². The molecule has 1 aliphatic heterocycles. The first-order chi connectivity index (χ1) is 5.79. The van der Waals surface area contributed by atoms with Gasteiger partial charge in [-0.1, -0.05) is 13.8 Å². The van der Waals surface area contributed by atoms with Gasteiger partial charge in [-0.3, -0.25) is 0 Å². The van der Waals surface area contributed by atoms with Crippen LogP contribution in [-0.4, -0.2) is 11.1 Å². The van der Waals surface area contributed by atoms with E-state index >= 15 is 0 Å². The van der Waals surface area contributed by atoms with Crippen LogP contribution >= 0.6 is 12.4 Å². The van der Waals surface area contributed by atoms with E-state index in [4.69, 9.17) is 0 Å². The summed E-state index contributed by atoms with van der Waals surface area (Å²) in [6.07, 6.45) is 2.17. The number of fused-ring (bicyclic) bond motifs is 1. The predicted molar refractivity (Wildman–Crippen MR) is 57.3 cm³/mol. The van der Waals surface area contributed by atoms with Crippen molar-refractivity contribution in [2.24, 2.45) is 5.92 Å². The second-order valence-electron chi connectivity index (χ2n) is 3.80. The fraction of sp³-hybridized carbons (Fsp3) is 0.600. The van der Waals surface area contributed by atoms with Gasteiger partial charge in [-0.05, 0) is 18.1 Å². The smallest absolute Gasteiger partial charge is 0.0498 e. The van der Waals surface area contributed by atoms with Crippen molar-refractivity contribution in [1.82, 2.24) is 9.88 Å². The predicted octanol–water partition coefficient (Wildman–Crippen LogP) is 2.21. The van der Waals surface area contributed by atoms with Gasteiger partial charge in [-0.2, -0.15) is 0 Å². The van der Waals surface area contributed by atoms with Gasteiger partial charge in [0.2, 0.25) is 0 Å². The van der Waals surface area contributed by atoms with Crippen molar-refractivity contribution in [3.8, 4) is 0 Å². The number of nitrogens with zero attached hydrogens (tertiary/aromatic N) is 1. The van der Waals surface area contributed by atoms with Crippen molar-refractivity contribution >= 4 is 12.4 Å².